The molecule has 1 amide bonds. The summed E-state index contributed by atoms with van der Waals surface area (Å²) in [4.78, 5) is 24.1. The minimum absolute atomic E-state index is 0.219. The van der Waals surface area contributed by atoms with Gasteiger partial charge in [-0.25, -0.2) is 4.68 Å². The molecular formula is C16H21N3O2. The smallest absolute Gasteiger partial charge is 0.295 e. The predicted molar refractivity (Wildman–Crippen MR) is 84.1 cm³/mol. The summed E-state index contributed by atoms with van der Waals surface area (Å²) < 4.78 is 3.52. The van der Waals surface area contributed by atoms with Crippen molar-refractivity contribution in [2.45, 2.75) is 40.2 Å². The Morgan fingerprint density at radius 2 is 1.71 bits per heavy atom. The van der Waals surface area contributed by atoms with Gasteiger partial charge in [0, 0.05) is 6.92 Å². The lowest BCUT2D eigenvalue weighted by molar-refractivity contribution is -0.114. The van der Waals surface area contributed by atoms with Gasteiger partial charge < -0.3 is 5.32 Å². The second-order valence-corrected chi connectivity index (χ2v) is 6.08. The normalized spacial score (nSPS) is 11.5. The Morgan fingerprint density at radius 1 is 1.14 bits per heavy atom. The van der Waals surface area contributed by atoms with Crippen LogP contribution < -0.4 is 10.9 Å². The van der Waals surface area contributed by atoms with E-state index in [-0.39, 0.29) is 17.0 Å². The van der Waals surface area contributed by atoms with Gasteiger partial charge in [0.25, 0.3) is 5.56 Å². The monoisotopic (exact) mass is 287 g/mol. The molecule has 21 heavy (non-hydrogen) atoms. The molecular weight excluding hydrogens is 266 g/mol. The number of amides is 1. The van der Waals surface area contributed by atoms with Crippen LogP contribution in [0.15, 0.2) is 35.1 Å². The molecule has 1 aromatic heterocycles. The number of carbonyl (C=O) groups is 1. The van der Waals surface area contributed by atoms with Crippen LogP contribution in [0.1, 0.15) is 33.4 Å². The van der Waals surface area contributed by atoms with Gasteiger partial charge in [-0.2, -0.15) is 0 Å². The van der Waals surface area contributed by atoms with Gasteiger partial charge in [0.05, 0.1) is 16.9 Å². The minimum Gasteiger partial charge on any atom is -0.320 e. The number of para-hydroxylation sites is 1. The maximum Gasteiger partial charge on any atom is 0.295 e. The van der Waals surface area contributed by atoms with Gasteiger partial charge in [0.15, 0.2) is 0 Å². The average Bonchev–Trinajstić information content (AvgIpc) is 2.63. The third-order valence-electron chi connectivity index (χ3n) is 3.22. The number of nitrogens with one attached hydrogen (secondary N) is 1. The van der Waals surface area contributed by atoms with E-state index in [1.807, 2.05) is 62.7 Å². The summed E-state index contributed by atoms with van der Waals surface area (Å²) >= 11 is 0. The first kappa shape index (κ1) is 15.1. The Bertz CT molecular complexity index is 718. The zero-order valence-corrected chi connectivity index (χ0v) is 13.1. The first-order valence-electron chi connectivity index (χ1n) is 6.91. The lowest BCUT2D eigenvalue weighted by atomic mass is 10.1. The molecule has 0 aliphatic heterocycles. The standard InChI is InChI=1S/C16H21N3O2/c1-11-14(17-12(2)20)15(21)18(19(11)16(3,4)5)13-9-7-6-8-10-13/h6-10H,1-5H3,(H,17,20). The van der Waals surface area contributed by atoms with Crippen molar-refractivity contribution in [1.82, 2.24) is 9.36 Å². The van der Waals surface area contributed by atoms with Crippen LogP contribution in [0, 0.1) is 6.92 Å². The summed E-state index contributed by atoms with van der Waals surface area (Å²) in [5.74, 6) is -0.249. The van der Waals surface area contributed by atoms with E-state index >= 15 is 0 Å². The Balaban J connectivity index is 2.80. The second-order valence-electron chi connectivity index (χ2n) is 6.08. The van der Waals surface area contributed by atoms with Crippen molar-refractivity contribution < 1.29 is 4.79 Å². The molecule has 0 aliphatic rings. The highest BCUT2D eigenvalue weighted by Crippen LogP contribution is 2.23. The first-order valence-corrected chi connectivity index (χ1v) is 6.91. The van der Waals surface area contributed by atoms with Gasteiger partial charge in [0.1, 0.15) is 5.69 Å². The Morgan fingerprint density at radius 3 is 2.19 bits per heavy atom. The topological polar surface area (TPSA) is 56.0 Å². The van der Waals surface area contributed by atoms with E-state index in [1.165, 1.54) is 6.92 Å². The van der Waals surface area contributed by atoms with Crippen molar-refractivity contribution in [3.63, 3.8) is 0 Å². The molecule has 0 atom stereocenters. The van der Waals surface area contributed by atoms with E-state index in [0.717, 1.165) is 11.4 Å². The van der Waals surface area contributed by atoms with Crippen molar-refractivity contribution >= 4 is 11.6 Å². The number of aromatic nitrogens is 2. The molecule has 5 nitrogen and oxygen atoms in total. The molecule has 0 radical (unpaired) electrons. The molecule has 1 aromatic carbocycles. The molecule has 0 bridgehead atoms. The number of anilines is 1. The summed E-state index contributed by atoms with van der Waals surface area (Å²) in [6.45, 7) is 9.32. The summed E-state index contributed by atoms with van der Waals surface area (Å²) in [5.41, 5.74) is 1.34. The summed E-state index contributed by atoms with van der Waals surface area (Å²) in [5, 5.41) is 2.65. The third-order valence-corrected chi connectivity index (χ3v) is 3.22. The van der Waals surface area contributed by atoms with Crippen LogP contribution in [0.25, 0.3) is 5.69 Å². The number of carbonyl (C=O) groups excluding carboxylic acids is 1. The molecule has 1 heterocycles. The molecule has 0 aliphatic carbocycles. The first-order chi connectivity index (χ1) is 9.73. The van der Waals surface area contributed by atoms with Crippen LogP contribution in [-0.2, 0) is 10.3 Å². The third kappa shape index (κ3) is 2.77. The fourth-order valence-electron chi connectivity index (χ4n) is 2.53. The Hall–Kier alpha value is -2.30. The zero-order chi connectivity index (χ0) is 15.8. The van der Waals surface area contributed by atoms with E-state index in [4.69, 9.17) is 0 Å². The van der Waals surface area contributed by atoms with E-state index < -0.39 is 0 Å². The van der Waals surface area contributed by atoms with Crippen molar-refractivity contribution in [1.29, 1.82) is 0 Å². The molecule has 0 saturated carbocycles. The van der Waals surface area contributed by atoms with Crippen molar-refractivity contribution in [2.75, 3.05) is 5.32 Å². The van der Waals surface area contributed by atoms with Gasteiger partial charge in [-0.1, -0.05) is 18.2 Å². The SMILES string of the molecule is CC(=O)Nc1c(C)n(C(C)(C)C)n(-c2ccccc2)c1=O. The summed E-state index contributed by atoms with van der Waals surface area (Å²) in [6.07, 6.45) is 0. The van der Waals surface area contributed by atoms with Gasteiger partial charge in [-0.15, -0.1) is 0 Å². The zero-order valence-electron chi connectivity index (χ0n) is 13.1. The van der Waals surface area contributed by atoms with Crippen molar-refractivity contribution in [3.8, 4) is 5.69 Å². The van der Waals surface area contributed by atoms with Gasteiger partial charge >= 0.3 is 0 Å². The number of rotatable bonds is 2. The highest BCUT2D eigenvalue weighted by atomic mass is 16.2. The highest BCUT2D eigenvalue weighted by molar-refractivity contribution is 5.89. The predicted octanol–water partition coefficient (Wildman–Crippen LogP) is 2.66. The number of benzene rings is 1. The van der Waals surface area contributed by atoms with E-state index in [9.17, 15) is 9.59 Å². The lowest BCUT2D eigenvalue weighted by Crippen LogP contribution is -2.32. The molecule has 0 saturated heterocycles. The number of nitrogens with zero attached hydrogens (tertiary/aromatic N) is 2. The number of hydrogen-bond acceptors (Lipinski definition) is 2. The Kier molecular flexibility index (Phi) is 3.77. The lowest BCUT2D eigenvalue weighted by Gasteiger charge is -2.26. The fourth-order valence-corrected chi connectivity index (χ4v) is 2.53. The van der Waals surface area contributed by atoms with E-state index in [2.05, 4.69) is 5.32 Å². The van der Waals surface area contributed by atoms with Gasteiger partial charge in [0.2, 0.25) is 5.91 Å². The van der Waals surface area contributed by atoms with Crippen molar-refractivity contribution in [3.05, 3.63) is 46.4 Å². The maximum atomic E-state index is 12.7. The Labute approximate surface area is 124 Å². The second kappa shape index (κ2) is 5.24. The molecule has 0 fully saturated rings. The largest absolute Gasteiger partial charge is 0.320 e. The van der Waals surface area contributed by atoms with Gasteiger partial charge in [-0.3, -0.25) is 14.3 Å². The molecule has 0 unspecified atom stereocenters. The van der Waals surface area contributed by atoms with E-state index in [1.54, 1.807) is 4.68 Å². The van der Waals surface area contributed by atoms with Crippen LogP contribution in [-0.4, -0.2) is 15.3 Å². The van der Waals surface area contributed by atoms with Crippen LogP contribution in [0.2, 0.25) is 0 Å². The quantitative estimate of drug-likeness (QED) is 0.923. The summed E-state index contributed by atoms with van der Waals surface area (Å²) in [6, 6.07) is 9.42. The fraction of sp³-hybridized carbons (Fsp3) is 0.375. The minimum atomic E-state index is -0.296. The maximum absolute atomic E-state index is 12.7. The molecule has 2 aromatic rings. The van der Waals surface area contributed by atoms with E-state index in [0.29, 0.717) is 5.69 Å². The molecule has 5 heteroatoms. The van der Waals surface area contributed by atoms with Crippen LogP contribution in [0.3, 0.4) is 0 Å². The molecule has 112 valence electrons. The van der Waals surface area contributed by atoms with Crippen LogP contribution in [0.4, 0.5) is 5.69 Å². The molecule has 1 N–H and O–H groups in total. The molecule has 2 rings (SSSR count). The van der Waals surface area contributed by atoms with Gasteiger partial charge in [-0.05, 0) is 39.8 Å². The van der Waals surface area contributed by atoms with Crippen LogP contribution >= 0.6 is 0 Å². The average molecular weight is 287 g/mol. The molecule has 0 spiro atoms. The highest BCUT2D eigenvalue weighted by Gasteiger charge is 2.26. The van der Waals surface area contributed by atoms with Crippen LogP contribution in [0.5, 0.6) is 0 Å². The number of hydrogen-bond donors (Lipinski definition) is 1. The van der Waals surface area contributed by atoms with Crippen molar-refractivity contribution in [2.24, 2.45) is 0 Å². The summed E-state index contributed by atoms with van der Waals surface area (Å²) in [7, 11) is 0.